The normalized spacial score (nSPS) is 10.4. The summed E-state index contributed by atoms with van der Waals surface area (Å²) in [7, 11) is 3.15. The molecule has 0 saturated carbocycles. The monoisotopic (exact) mass is 411 g/mol. The van der Waals surface area contributed by atoms with E-state index in [1.54, 1.807) is 51.5 Å². The third-order valence-electron chi connectivity index (χ3n) is 4.37. The largest absolute Gasteiger partial charge is 0.495 e. The van der Waals surface area contributed by atoms with Gasteiger partial charge in [0.05, 0.1) is 42.5 Å². The van der Waals surface area contributed by atoms with Crippen LogP contribution < -0.4 is 20.1 Å². The average Bonchev–Trinajstić information content (AvgIpc) is 2.71. The van der Waals surface area contributed by atoms with Crippen molar-refractivity contribution in [1.29, 1.82) is 0 Å². The van der Waals surface area contributed by atoms with E-state index in [0.717, 1.165) is 11.3 Å². The number of halogens is 1. The molecule has 0 atom stereocenters. The molecular formula is C22H22ClN3O3. The summed E-state index contributed by atoms with van der Waals surface area (Å²) in [6.07, 6.45) is 0. The molecule has 0 aliphatic heterocycles. The fourth-order valence-electron chi connectivity index (χ4n) is 2.83. The SMILES string of the molecule is COc1ccc(NC(=O)c2cc(Cl)ccc2Nc2ccc(C)cc2OC)c(C)n1. The number of aryl methyl sites for hydroxylation is 2. The molecule has 0 radical (unpaired) electrons. The number of rotatable bonds is 6. The van der Waals surface area contributed by atoms with Gasteiger partial charge in [0.2, 0.25) is 5.88 Å². The quantitative estimate of drug-likeness (QED) is 0.570. The van der Waals surface area contributed by atoms with Gasteiger partial charge in [-0.25, -0.2) is 4.98 Å². The van der Waals surface area contributed by atoms with E-state index in [1.807, 2.05) is 25.1 Å². The zero-order valence-corrected chi connectivity index (χ0v) is 17.4. The molecule has 2 N–H and O–H groups in total. The van der Waals surface area contributed by atoms with Crippen molar-refractivity contribution in [3.05, 3.63) is 70.4 Å². The van der Waals surface area contributed by atoms with Crippen LogP contribution in [-0.2, 0) is 0 Å². The lowest BCUT2D eigenvalue weighted by atomic mass is 10.1. The minimum Gasteiger partial charge on any atom is -0.495 e. The minimum absolute atomic E-state index is 0.309. The molecule has 0 saturated heterocycles. The highest BCUT2D eigenvalue weighted by Gasteiger charge is 2.16. The molecule has 150 valence electrons. The second kappa shape index (κ2) is 8.84. The highest BCUT2D eigenvalue weighted by atomic mass is 35.5. The van der Waals surface area contributed by atoms with Crippen molar-refractivity contribution in [1.82, 2.24) is 4.98 Å². The van der Waals surface area contributed by atoms with Crippen LogP contribution in [0.5, 0.6) is 11.6 Å². The molecule has 6 nitrogen and oxygen atoms in total. The topological polar surface area (TPSA) is 72.5 Å². The van der Waals surface area contributed by atoms with Crippen LogP contribution in [0, 0.1) is 13.8 Å². The van der Waals surface area contributed by atoms with Gasteiger partial charge in [0, 0.05) is 11.1 Å². The van der Waals surface area contributed by atoms with Crippen LogP contribution in [0.3, 0.4) is 0 Å². The minimum atomic E-state index is -0.309. The van der Waals surface area contributed by atoms with Crippen LogP contribution in [0.4, 0.5) is 17.1 Å². The average molecular weight is 412 g/mol. The Bertz CT molecular complexity index is 1050. The molecule has 1 heterocycles. The number of amides is 1. The van der Waals surface area contributed by atoms with E-state index in [-0.39, 0.29) is 5.91 Å². The summed E-state index contributed by atoms with van der Waals surface area (Å²) >= 11 is 6.16. The number of pyridine rings is 1. The zero-order valence-electron chi connectivity index (χ0n) is 16.7. The van der Waals surface area contributed by atoms with Gasteiger partial charge < -0.3 is 20.1 Å². The first kappa shape index (κ1) is 20.5. The first-order chi connectivity index (χ1) is 13.9. The van der Waals surface area contributed by atoms with Crippen LogP contribution in [0.15, 0.2) is 48.5 Å². The standard InChI is InChI=1S/C22H22ClN3O3/c1-13-5-7-19(20(11-13)28-3)25-18-8-6-15(23)12-16(18)22(27)26-17-9-10-21(29-4)24-14(17)2/h5-12,25H,1-4H3,(H,26,27). The second-order valence-electron chi connectivity index (χ2n) is 6.46. The van der Waals surface area contributed by atoms with Crippen molar-refractivity contribution in [2.75, 3.05) is 24.9 Å². The molecule has 0 fully saturated rings. The summed E-state index contributed by atoms with van der Waals surface area (Å²) in [6.45, 7) is 3.78. The van der Waals surface area contributed by atoms with Gasteiger partial charge >= 0.3 is 0 Å². The van der Waals surface area contributed by atoms with E-state index in [0.29, 0.717) is 39.3 Å². The number of carbonyl (C=O) groups is 1. The van der Waals surface area contributed by atoms with Crippen molar-refractivity contribution in [2.45, 2.75) is 13.8 Å². The predicted molar refractivity (Wildman–Crippen MR) is 116 cm³/mol. The fraction of sp³-hybridized carbons (Fsp3) is 0.182. The maximum Gasteiger partial charge on any atom is 0.257 e. The van der Waals surface area contributed by atoms with Gasteiger partial charge in [-0.2, -0.15) is 0 Å². The van der Waals surface area contributed by atoms with Gasteiger partial charge in [0.15, 0.2) is 0 Å². The van der Waals surface area contributed by atoms with Gasteiger partial charge in [0.1, 0.15) is 5.75 Å². The van der Waals surface area contributed by atoms with E-state index in [9.17, 15) is 4.79 Å². The molecular weight excluding hydrogens is 390 g/mol. The molecule has 0 aliphatic carbocycles. The number of methoxy groups -OCH3 is 2. The summed E-state index contributed by atoms with van der Waals surface area (Å²) < 4.78 is 10.6. The van der Waals surface area contributed by atoms with E-state index >= 15 is 0 Å². The fourth-order valence-corrected chi connectivity index (χ4v) is 3.01. The first-order valence-electron chi connectivity index (χ1n) is 8.95. The number of benzene rings is 2. The van der Waals surface area contributed by atoms with Gasteiger partial charge in [-0.1, -0.05) is 17.7 Å². The number of ether oxygens (including phenoxy) is 2. The third-order valence-corrected chi connectivity index (χ3v) is 4.61. The maximum absolute atomic E-state index is 13.0. The van der Waals surface area contributed by atoms with E-state index in [4.69, 9.17) is 21.1 Å². The van der Waals surface area contributed by atoms with Crippen molar-refractivity contribution in [3.63, 3.8) is 0 Å². The molecule has 0 bridgehead atoms. The zero-order chi connectivity index (χ0) is 21.0. The molecule has 0 unspecified atom stereocenters. The second-order valence-corrected chi connectivity index (χ2v) is 6.90. The summed E-state index contributed by atoms with van der Waals surface area (Å²) in [5.41, 5.74) is 4.06. The Kier molecular flexibility index (Phi) is 6.24. The van der Waals surface area contributed by atoms with Crippen molar-refractivity contribution >= 4 is 34.6 Å². The lowest BCUT2D eigenvalue weighted by Gasteiger charge is -2.16. The maximum atomic E-state index is 13.0. The lowest BCUT2D eigenvalue weighted by Crippen LogP contribution is -2.15. The Labute approximate surface area is 174 Å². The molecule has 0 aliphatic rings. The molecule has 1 aromatic heterocycles. The van der Waals surface area contributed by atoms with Gasteiger partial charge in [-0.15, -0.1) is 0 Å². The highest BCUT2D eigenvalue weighted by Crippen LogP contribution is 2.31. The summed E-state index contributed by atoms with van der Waals surface area (Å²) in [4.78, 5) is 17.3. The molecule has 3 aromatic rings. The van der Waals surface area contributed by atoms with E-state index in [1.165, 1.54) is 0 Å². The molecule has 3 rings (SSSR count). The predicted octanol–water partition coefficient (Wildman–Crippen LogP) is 5.36. The van der Waals surface area contributed by atoms with Crippen LogP contribution in [0.1, 0.15) is 21.6 Å². The number of aromatic nitrogens is 1. The summed E-state index contributed by atoms with van der Waals surface area (Å²) in [5, 5.41) is 6.61. The molecule has 7 heteroatoms. The Morgan fingerprint density at radius 2 is 1.66 bits per heavy atom. The van der Waals surface area contributed by atoms with Crippen molar-refractivity contribution < 1.29 is 14.3 Å². The van der Waals surface area contributed by atoms with Gasteiger partial charge in [0.25, 0.3) is 5.91 Å². The number of hydrogen-bond donors (Lipinski definition) is 2. The number of hydrogen-bond acceptors (Lipinski definition) is 5. The Morgan fingerprint density at radius 1 is 0.931 bits per heavy atom. The Hall–Kier alpha value is -3.25. The van der Waals surface area contributed by atoms with Crippen molar-refractivity contribution in [2.24, 2.45) is 0 Å². The molecule has 29 heavy (non-hydrogen) atoms. The number of anilines is 3. The Morgan fingerprint density at radius 3 is 2.34 bits per heavy atom. The van der Waals surface area contributed by atoms with Crippen LogP contribution in [0.25, 0.3) is 0 Å². The van der Waals surface area contributed by atoms with Crippen LogP contribution >= 0.6 is 11.6 Å². The molecule has 0 spiro atoms. The number of nitrogens with zero attached hydrogens (tertiary/aromatic N) is 1. The highest BCUT2D eigenvalue weighted by molar-refractivity contribution is 6.31. The van der Waals surface area contributed by atoms with Gasteiger partial charge in [-0.3, -0.25) is 4.79 Å². The van der Waals surface area contributed by atoms with Crippen LogP contribution in [0.2, 0.25) is 5.02 Å². The lowest BCUT2D eigenvalue weighted by molar-refractivity contribution is 0.102. The summed E-state index contributed by atoms with van der Waals surface area (Å²) in [6, 6.07) is 14.3. The van der Waals surface area contributed by atoms with Crippen molar-refractivity contribution in [3.8, 4) is 11.6 Å². The van der Waals surface area contributed by atoms with Gasteiger partial charge in [-0.05, 0) is 55.8 Å². The van der Waals surface area contributed by atoms with E-state index < -0.39 is 0 Å². The Balaban J connectivity index is 1.92. The van der Waals surface area contributed by atoms with Crippen LogP contribution in [-0.4, -0.2) is 25.1 Å². The molecule has 1 amide bonds. The van der Waals surface area contributed by atoms with E-state index in [2.05, 4.69) is 15.6 Å². The number of nitrogens with one attached hydrogen (secondary N) is 2. The summed E-state index contributed by atoms with van der Waals surface area (Å²) in [5.74, 6) is 0.856. The smallest absolute Gasteiger partial charge is 0.257 e. The third kappa shape index (κ3) is 4.78. The first-order valence-corrected chi connectivity index (χ1v) is 9.33. The molecule has 2 aromatic carbocycles. The number of carbonyl (C=O) groups excluding carboxylic acids is 1.